The van der Waals surface area contributed by atoms with Crippen LogP contribution in [0.4, 0.5) is 5.00 Å². The maximum Gasteiger partial charge on any atom is 0.338 e. The Balaban J connectivity index is 1.76. The van der Waals surface area contributed by atoms with Crippen molar-refractivity contribution in [2.24, 2.45) is 5.73 Å². The number of amides is 2. The Kier molecular flexibility index (Phi) is 7.16. The highest BCUT2D eigenvalue weighted by atomic mass is 32.2. The molecule has 0 saturated carbocycles. The fraction of sp³-hybridized carbons (Fsp3) is 0.350. The zero-order valence-corrected chi connectivity index (χ0v) is 19.1. The van der Waals surface area contributed by atoms with E-state index in [0.717, 1.165) is 24.2 Å². The highest BCUT2D eigenvalue weighted by molar-refractivity contribution is 7.89. The van der Waals surface area contributed by atoms with Gasteiger partial charge < -0.3 is 20.5 Å². The predicted octanol–water partition coefficient (Wildman–Crippen LogP) is 1.82. The average molecular weight is 482 g/mol. The number of thiophene rings is 1. The molecule has 0 aliphatic carbocycles. The van der Waals surface area contributed by atoms with Gasteiger partial charge in [0.15, 0.2) is 6.10 Å². The van der Waals surface area contributed by atoms with Gasteiger partial charge in [-0.15, -0.1) is 11.3 Å². The van der Waals surface area contributed by atoms with Crippen LogP contribution in [0.3, 0.4) is 0 Å². The minimum absolute atomic E-state index is 0.0443. The molecule has 3 rings (SSSR count). The van der Waals surface area contributed by atoms with Crippen LogP contribution in [0.25, 0.3) is 0 Å². The highest BCUT2D eigenvalue weighted by Crippen LogP contribution is 2.30. The fourth-order valence-corrected chi connectivity index (χ4v) is 5.66. The summed E-state index contributed by atoms with van der Waals surface area (Å²) in [7, 11) is -2.51. The van der Waals surface area contributed by atoms with Gasteiger partial charge in [-0.3, -0.25) is 9.59 Å². The van der Waals surface area contributed by atoms with Crippen LogP contribution in [0.5, 0.6) is 5.75 Å². The number of nitrogens with two attached hydrogens (primary N) is 1. The van der Waals surface area contributed by atoms with Crippen LogP contribution in [-0.2, 0) is 19.6 Å². The van der Waals surface area contributed by atoms with Gasteiger partial charge in [-0.2, -0.15) is 4.31 Å². The topological polar surface area (TPSA) is 145 Å². The molecule has 1 unspecified atom stereocenters. The number of hydrogen-bond donors (Lipinski definition) is 2. The van der Waals surface area contributed by atoms with Gasteiger partial charge >= 0.3 is 5.97 Å². The molecule has 0 bridgehead atoms. The number of methoxy groups -OCH3 is 1. The summed E-state index contributed by atoms with van der Waals surface area (Å²) in [6.45, 7) is 2.15. The van der Waals surface area contributed by atoms with Crippen molar-refractivity contribution < 1.29 is 32.3 Å². The Morgan fingerprint density at radius 3 is 2.50 bits per heavy atom. The van der Waals surface area contributed by atoms with Crippen LogP contribution in [-0.4, -0.2) is 56.8 Å². The number of hydrogen-bond acceptors (Lipinski definition) is 8. The first-order valence-electron chi connectivity index (χ1n) is 9.72. The van der Waals surface area contributed by atoms with Crippen molar-refractivity contribution in [2.75, 3.05) is 25.5 Å². The van der Waals surface area contributed by atoms with Gasteiger partial charge in [0, 0.05) is 13.1 Å². The largest absolute Gasteiger partial charge is 0.495 e. The molecule has 1 aromatic heterocycles. The lowest BCUT2D eigenvalue weighted by atomic mass is 10.2. The SMILES string of the molecule is COc1ccc(C(=O)OC(C)C(=O)Nc2sccc2C(N)=O)cc1S(=O)(=O)N1CCCC1. The van der Waals surface area contributed by atoms with Gasteiger partial charge in [0.05, 0.1) is 18.2 Å². The number of nitrogens with zero attached hydrogens (tertiary/aromatic N) is 1. The summed E-state index contributed by atoms with van der Waals surface area (Å²) in [5, 5.41) is 4.33. The third kappa shape index (κ3) is 4.92. The quantitative estimate of drug-likeness (QED) is 0.547. The lowest BCUT2D eigenvalue weighted by Gasteiger charge is -2.18. The molecular formula is C20H23N3O7S2. The number of anilines is 1. The third-order valence-corrected chi connectivity index (χ3v) is 7.65. The molecule has 3 N–H and O–H groups in total. The standard InChI is InChI=1S/C20H23N3O7S2/c1-12(18(25)22-19-14(17(21)24)7-10-31-19)30-20(26)13-5-6-15(29-2)16(11-13)32(27,28)23-8-3-4-9-23/h5-7,10-12H,3-4,8-9H2,1-2H3,(H2,21,24)(H,22,25). The molecule has 0 spiro atoms. The summed E-state index contributed by atoms with van der Waals surface area (Å²) in [4.78, 5) is 36.3. The minimum atomic E-state index is -3.85. The second kappa shape index (κ2) is 9.67. The van der Waals surface area contributed by atoms with Crippen molar-refractivity contribution >= 4 is 44.1 Å². The van der Waals surface area contributed by atoms with E-state index in [2.05, 4.69) is 5.32 Å². The molecule has 2 amide bonds. The number of ether oxygens (including phenoxy) is 2. The number of sulfonamides is 1. The van der Waals surface area contributed by atoms with Gasteiger partial charge in [-0.25, -0.2) is 13.2 Å². The fourth-order valence-electron chi connectivity index (χ4n) is 3.17. The van der Waals surface area contributed by atoms with E-state index >= 15 is 0 Å². The molecule has 2 heterocycles. The molecule has 0 radical (unpaired) electrons. The van der Waals surface area contributed by atoms with E-state index in [-0.39, 0.29) is 26.8 Å². The zero-order chi connectivity index (χ0) is 23.5. The average Bonchev–Trinajstić information content (AvgIpc) is 3.45. The molecule has 1 atom stereocenters. The number of benzene rings is 1. The van der Waals surface area contributed by atoms with Gasteiger partial charge in [0.2, 0.25) is 10.0 Å². The van der Waals surface area contributed by atoms with Gasteiger partial charge in [0.1, 0.15) is 15.6 Å². The summed E-state index contributed by atoms with van der Waals surface area (Å²) in [5.41, 5.74) is 5.36. The van der Waals surface area contributed by atoms with Crippen LogP contribution >= 0.6 is 11.3 Å². The van der Waals surface area contributed by atoms with Crippen molar-refractivity contribution in [1.82, 2.24) is 4.31 Å². The van der Waals surface area contributed by atoms with Crippen molar-refractivity contribution in [3.8, 4) is 5.75 Å². The van der Waals surface area contributed by atoms with E-state index in [1.165, 1.54) is 42.6 Å². The lowest BCUT2D eigenvalue weighted by molar-refractivity contribution is -0.123. The third-order valence-electron chi connectivity index (χ3n) is 4.90. The molecule has 1 aromatic carbocycles. The van der Waals surface area contributed by atoms with Gasteiger partial charge in [-0.05, 0) is 49.4 Å². The maximum absolute atomic E-state index is 13.0. The highest BCUT2D eigenvalue weighted by Gasteiger charge is 2.31. The number of carbonyl (C=O) groups excluding carboxylic acids is 3. The van der Waals surface area contributed by atoms with E-state index < -0.39 is 33.9 Å². The van der Waals surface area contributed by atoms with Crippen LogP contribution < -0.4 is 15.8 Å². The van der Waals surface area contributed by atoms with Crippen molar-refractivity contribution in [3.63, 3.8) is 0 Å². The molecule has 172 valence electrons. The Bertz CT molecular complexity index is 1140. The normalized spacial score (nSPS) is 15.2. The van der Waals surface area contributed by atoms with Crippen molar-refractivity contribution in [2.45, 2.75) is 30.8 Å². The van der Waals surface area contributed by atoms with Gasteiger partial charge in [0.25, 0.3) is 11.8 Å². The molecule has 1 aliphatic rings. The Morgan fingerprint density at radius 2 is 1.88 bits per heavy atom. The van der Waals surface area contributed by atoms with Crippen LogP contribution in [0.1, 0.15) is 40.5 Å². The monoisotopic (exact) mass is 481 g/mol. The first kappa shape index (κ1) is 23.7. The van der Waals surface area contributed by atoms with Crippen molar-refractivity contribution in [3.05, 3.63) is 40.8 Å². The Hall–Kier alpha value is -2.96. The number of nitrogens with one attached hydrogen (secondary N) is 1. The van der Waals surface area contributed by atoms with Gasteiger partial charge in [-0.1, -0.05) is 0 Å². The number of rotatable bonds is 8. The first-order chi connectivity index (χ1) is 15.1. The summed E-state index contributed by atoms with van der Waals surface area (Å²) >= 11 is 1.10. The number of primary amides is 1. The smallest absolute Gasteiger partial charge is 0.338 e. The minimum Gasteiger partial charge on any atom is -0.495 e. The Labute approximate surface area is 189 Å². The van der Waals surface area contributed by atoms with E-state index in [0.29, 0.717) is 13.1 Å². The van der Waals surface area contributed by atoms with E-state index in [4.69, 9.17) is 15.2 Å². The summed E-state index contributed by atoms with van der Waals surface area (Å²) in [6, 6.07) is 5.39. The van der Waals surface area contributed by atoms with Crippen LogP contribution in [0, 0.1) is 0 Å². The molecule has 2 aromatic rings. The van der Waals surface area contributed by atoms with E-state index in [9.17, 15) is 22.8 Å². The van der Waals surface area contributed by atoms with Crippen LogP contribution in [0.2, 0.25) is 0 Å². The summed E-state index contributed by atoms with van der Waals surface area (Å²) < 4.78 is 37.7. The molecule has 32 heavy (non-hydrogen) atoms. The number of esters is 1. The van der Waals surface area contributed by atoms with Crippen molar-refractivity contribution in [1.29, 1.82) is 0 Å². The Morgan fingerprint density at radius 1 is 1.19 bits per heavy atom. The lowest BCUT2D eigenvalue weighted by Crippen LogP contribution is -2.31. The second-order valence-corrected chi connectivity index (χ2v) is 9.86. The molecule has 1 aliphatic heterocycles. The number of carbonyl (C=O) groups is 3. The molecule has 12 heteroatoms. The molecule has 10 nitrogen and oxygen atoms in total. The summed E-state index contributed by atoms with van der Waals surface area (Å²) in [6.07, 6.45) is 0.306. The molecular weight excluding hydrogens is 458 g/mol. The zero-order valence-electron chi connectivity index (χ0n) is 17.5. The molecule has 1 fully saturated rings. The predicted molar refractivity (Wildman–Crippen MR) is 117 cm³/mol. The first-order valence-corrected chi connectivity index (χ1v) is 12.0. The molecule has 1 saturated heterocycles. The second-order valence-electron chi connectivity index (χ2n) is 7.04. The van der Waals surface area contributed by atoms with E-state index in [1.54, 1.807) is 5.38 Å². The van der Waals surface area contributed by atoms with Crippen LogP contribution in [0.15, 0.2) is 34.5 Å². The summed E-state index contributed by atoms with van der Waals surface area (Å²) in [5.74, 6) is -2.14. The maximum atomic E-state index is 13.0. The van der Waals surface area contributed by atoms with E-state index in [1.807, 2.05) is 0 Å².